The van der Waals surface area contributed by atoms with E-state index in [4.69, 9.17) is 20.1 Å². The van der Waals surface area contributed by atoms with Crippen LogP contribution in [0.2, 0.25) is 0 Å². The number of rotatable bonds is 5. The summed E-state index contributed by atoms with van der Waals surface area (Å²) in [5.74, 6) is -0.833. The highest BCUT2D eigenvalue weighted by Gasteiger charge is 1.84. The van der Waals surface area contributed by atoms with E-state index in [9.17, 15) is 0 Å². The third kappa shape index (κ3) is 34.3. The van der Waals surface area contributed by atoms with E-state index in [1.165, 1.54) is 0 Å². The molecule has 0 fully saturated rings. The normalized spacial score (nSPS) is 8.58. The number of carbonyl (C=O) groups is 1. The third-order valence-corrected chi connectivity index (χ3v) is 1.07. The predicted molar refractivity (Wildman–Crippen MR) is 45.9 cm³/mol. The topological polar surface area (TPSA) is 77.8 Å². The fraction of sp³-hybridized carbons (Fsp3) is 0.875. The minimum atomic E-state index is -0.833. The van der Waals surface area contributed by atoms with E-state index in [-0.39, 0.29) is 13.2 Å². The molecule has 0 bridgehead atoms. The SMILES string of the molecule is CC(=O)O.OCCCCCCO. The molecule has 0 rings (SSSR count). The van der Waals surface area contributed by atoms with E-state index in [2.05, 4.69) is 0 Å². The van der Waals surface area contributed by atoms with Gasteiger partial charge in [-0.1, -0.05) is 12.8 Å². The maximum atomic E-state index is 9.00. The Balaban J connectivity index is 0. The largest absolute Gasteiger partial charge is 0.481 e. The van der Waals surface area contributed by atoms with Crippen LogP contribution >= 0.6 is 0 Å². The van der Waals surface area contributed by atoms with Crippen molar-refractivity contribution in [2.24, 2.45) is 0 Å². The Kier molecular flexibility index (Phi) is 15.1. The van der Waals surface area contributed by atoms with Gasteiger partial charge in [0.15, 0.2) is 0 Å². The van der Waals surface area contributed by atoms with E-state index < -0.39 is 5.97 Å². The second kappa shape index (κ2) is 13.0. The summed E-state index contributed by atoms with van der Waals surface area (Å²) in [5.41, 5.74) is 0. The van der Waals surface area contributed by atoms with Gasteiger partial charge in [0.05, 0.1) is 0 Å². The molecule has 0 amide bonds. The molecule has 0 aliphatic heterocycles. The molecule has 0 saturated carbocycles. The van der Waals surface area contributed by atoms with Crippen molar-refractivity contribution in [2.75, 3.05) is 13.2 Å². The van der Waals surface area contributed by atoms with Gasteiger partial charge >= 0.3 is 0 Å². The molecule has 0 heterocycles. The zero-order valence-corrected chi connectivity index (χ0v) is 7.49. The maximum Gasteiger partial charge on any atom is 0.300 e. The summed E-state index contributed by atoms with van der Waals surface area (Å²) < 4.78 is 0. The van der Waals surface area contributed by atoms with Crippen molar-refractivity contribution in [3.05, 3.63) is 0 Å². The first-order chi connectivity index (χ1) is 5.65. The average Bonchev–Trinajstić information content (AvgIpc) is 1.97. The van der Waals surface area contributed by atoms with Crippen LogP contribution in [0.15, 0.2) is 0 Å². The molecule has 0 unspecified atom stereocenters. The molecule has 74 valence electrons. The number of hydrogen-bond donors (Lipinski definition) is 3. The molecule has 0 aromatic carbocycles. The molecule has 0 aliphatic carbocycles. The molecule has 4 heteroatoms. The standard InChI is InChI=1S/C6H14O2.C2H4O2/c7-5-3-1-2-4-6-8;1-2(3)4/h7-8H,1-6H2;1H3,(H,3,4). The number of hydrogen-bond acceptors (Lipinski definition) is 3. The summed E-state index contributed by atoms with van der Waals surface area (Å²) >= 11 is 0. The molecule has 0 saturated heterocycles. The van der Waals surface area contributed by atoms with Crippen LogP contribution < -0.4 is 0 Å². The minimum Gasteiger partial charge on any atom is -0.481 e. The molecule has 4 nitrogen and oxygen atoms in total. The molecule has 0 aromatic rings. The molecule has 0 aromatic heterocycles. The average molecular weight is 178 g/mol. The van der Waals surface area contributed by atoms with E-state index in [1.54, 1.807) is 0 Å². The van der Waals surface area contributed by atoms with Crippen molar-refractivity contribution in [1.29, 1.82) is 0 Å². The number of aliphatic hydroxyl groups is 2. The van der Waals surface area contributed by atoms with Gasteiger partial charge < -0.3 is 15.3 Å². The number of carboxylic acid groups (broad SMARTS) is 1. The van der Waals surface area contributed by atoms with Crippen LogP contribution in [-0.4, -0.2) is 34.5 Å². The Morgan fingerprint density at radius 3 is 1.42 bits per heavy atom. The van der Waals surface area contributed by atoms with E-state index >= 15 is 0 Å². The van der Waals surface area contributed by atoms with Gasteiger partial charge in [-0.15, -0.1) is 0 Å². The lowest BCUT2D eigenvalue weighted by atomic mass is 10.2. The zero-order valence-electron chi connectivity index (χ0n) is 7.49. The number of aliphatic hydroxyl groups excluding tert-OH is 2. The first-order valence-corrected chi connectivity index (χ1v) is 4.06. The zero-order chi connectivity index (χ0) is 9.82. The number of carboxylic acids is 1. The van der Waals surface area contributed by atoms with Crippen molar-refractivity contribution in [3.8, 4) is 0 Å². The van der Waals surface area contributed by atoms with Gasteiger partial charge in [0.2, 0.25) is 0 Å². The van der Waals surface area contributed by atoms with Crippen LogP contribution in [0.3, 0.4) is 0 Å². The Bertz CT molecular complexity index is 83.1. The van der Waals surface area contributed by atoms with Gasteiger partial charge in [0, 0.05) is 20.1 Å². The lowest BCUT2D eigenvalue weighted by Crippen LogP contribution is -1.85. The van der Waals surface area contributed by atoms with E-state index in [1.807, 2.05) is 0 Å². The Hall–Kier alpha value is -0.610. The second-order valence-corrected chi connectivity index (χ2v) is 2.38. The maximum absolute atomic E-state index is 9.00. The summed E-state index contributed by atoms with van der Waals surface area (Å²) in [4.78, 5) is 9.00. The van der Waals surface area contributed by atoms with E-state index in [0.29, 0.717) is 0 Å². The Morgan fingerprint density at radius 1 is 1.00 bits per heavy atom. The van der Waals surface area contributed by atoms with Crippen LogP contribution in [0, 0.1) is 0 Å². The molecule has 3 N–H and O–H groups in total. The fourth-order valence-corrected chi connectivity index (χ4v) is 0.577. The second-order valence-electron chi connectivity index (χ2n) is 2.38. The lowest BCUT2D eigenvalue weighted by molar-refractivity contribution is -0.134. The molecule has 0 radical (unpaired) electrons. The van der Waals surface area contributed by atoms with Crippen molar-refractivity contribution in [1.82, 2.24) is 0 Å². The molecule has 12 heavy (non-hydrogen) atoms. The van der Waals surface area contributed by atoms with Crippen molar-refractivity contribution in [3.63, 3.8) is 0 Å². The van der Waals surface area contributed by atoms with Gasteiger partial charge in [-0.3, -0.25) is 4.79 Å². The monoisotopic (exact) mass is 178 g/mol. The molecule has 0 spiro atoms. The Labute approximate surface area is 72.8 Å². The Morgan fingerprint density at radius 2 is 1.25 bits per heavy atom. The summed E-state index contributed by atoms with van der Waals surface area (Å²) in [5, 5.41) is 24.0. The van der Waals surface area contributed by atoms with Gasteiger partial charge in [-0.25, -0.2) is 0 Å². The summed E-state index contributed by atoms with van der Waals surface area (Å²) in [6.07, 6.45) is 3.83. The highest BCUT2D eigenvalue weighted by molar-refractivity contribution is 5.62. The van der Waals surface area contributed by atoms with Gasteiger partial charge in [-0.2, -0.15) is 0 Å². The van der Waals surface area contributed by atoms with Crippen LogP contribution in [-0.2, 0) is 4.79 Å². The van der Waals surface area contributed by atoms with Crippen molar-refractivity contribution >= 4 is 5.97 Å². The molecular formula is C8H18O4. The fourth-order valence-electron chi connectivity index (χ4n) is 0.577. The number of unbranched alkanes of at least 4 members (excludes halogenated alkanes) is 3. The highest BCUT2D eigenvalue weighted by atomic mass is 16.4. The molecule has 0 aliphatic rings. The summed E-state index contributed by atoms with van der Waals surface area (Å²) in [7, 11) is 0. The summed E-state index contributed by atoms with van der Waals surface area (Å²) in [6.45, 7) is 1.65. The van der Waals surface area contributed by atoms with Crippen LogP contribution in [0.5, 0.6) is 0 Å². The van der Waals surface area contributed by atoms with Crippen LogP contribution in [0.1, 0.15) is 32.6 Å². The molecular weight excluding hydrogens is 160 g/mol. The van der Waals surface area contributed by atoms with Gasteiger partial charge in [0.1, 0.15) is 0 Å². The smallest absolute Gasteiger partial charge is 0.300 e. The predicted octanol–water partition coefficient (Wildman–Crippen LogP) is 0.622. The van der Waals surface area contributed by atoms with Crippen molar-refractivity contribution in [2.45, 2.75) is 32.6 Å². The third-order valence-electron chi connectivity index (χ3n) is 1.07. The highest BCUT2D eigenvalue weighted by Crippen LogP contribution is 1.96. The van der Waals surface area contributed by atoms with Crippen LogP contribution in [0.4, 0.5) is 0 Å². The number of aliphatic carboxylic acids is 1. The summed E-state index contributed by atoms with van der Waals surface area (Å²) in [6, 6.07) is 0. The first-order valence-electron chi connectivity index (χ1n) is 4.06. The van der Waals surface area contributed by atoms with Crippen LogP contribution in [0.25, 0.3) is 0 Å². The first kappa shape index (κ1) is 13.9. The molecule has 0 atom stereocenters. The quantitative estimate of drug-likeness (QED) is 0.539. The minimum absolute atomic E-state index is 0.283. The van der Waals surface area contributed by atoms with Crippen molar-refractivity contribution < 1.29 is 20.1 Å². The van der Waals surface area contributed by atoms with Gasteiger partial charge in [0.25, 0.3) is 5.97 Å². The van der Waals surface area contributed by atoms with E-state index in [0.717, 1.165) is 32.6 Å². The van der Waals surface area contributed by atoms with Gasteiger partial charge in [-0.05, 0) is 12.8 Å². The lowest BCUT2D eigenvalue weighted by Gasteiger charge is -1.93.